The van der Waals surface area contributed by atoms with Crippen molar-refractivity contribution < 1.29 is 0 Å². The maximum atomic E-state index is 2.81. The predicted octanol–water partition coefficient (Wildman–Crippen LogP) is 4.30. The number of nitrogens with zero attached hydrogens (tertiary/aromatic N) is 2. The van der Waals surface area contributed by atoms with Crippen molar-refractivity contribution in [3.05, 3.63) is 0 Å². The highest BCUT2D eigenvalue weighted by atomic mass is 15.3. The quantitative estimate of drug-likeness (QED) is 0.706. The standard InChI is InChI=1S/C18H36N2/c1-19-14-16-20(17-15-19)18-12-10-8-6-4-2-3-5-7-9-11-13-18/h18H,2-17H2,1H3. The smallest absolute Gasteiger partial charge is 0.0113 e. The first kappa shape index (κ1) is 16.3. The normalized spacial score (nSPS) is 27.4. The minimum Gasteiger partial charge on any atom is -0.304 e. The Morgan fingerprint density at radius 3 is 1.40 bits per heavy atom. The van der Waals surface area contributed by atoms with Gasteiger partial charge in [0.15, 0.2) is 0 Å². The molecule has 0 N–H and O–H groups in total. The molecular formula is C18H36N2. The summed E-state index contributed by atoms with van der Waals surface area (Å²) in [5.41, 5.74) is 0. The first-order valence-corrected chi connectivity index (χ1v) is 9.29. The van der Waals surface area contributed by atoms with E-state index in [1.54, 1.807) is 0 Å². The first-order valence-electron chi connectivity index (χ1n) is 9.29. The van der Waals surface area contributed by atoms with Crippen LogP contribution >= 0.6 is 0 Å². The molecule has 0 spiro atoms. The molecule has 0 atom stereocenters. The molecule has 1 aliphatic carbocycles. The molecule has 1 saturated heterocycles. The molecule has 20 heavy (non-hydrogen) atoms. The van der Waals surface area contributed by atoms with Crippen LogP contribution in [0.5, 0.6) is 0 Å². The van der Waals surface area contributed by atoms with Gasteiger partial charge in [-0.25, -0.2) is 0 Å². The lowest BCUT2D eigenvalue weighted by Gasteiger charge is -2.38. The number of likely N-dealkylation sites (N-methyl/N-ethyl adjacent to an activating group) is 1. The molecule has 1 saturated carbocycles. The van der Waals surface area contributed by atoms with Crippen molar-refractivity contribution in [2.24, 2.45) is 0 Å². The zero-order valence-electron chi connectivity index (χ0n) is 13.8. The number of rotatable bonds is 1. The van der Waals surface area contributed by atoms with E-state index in [1.165, 1.54) is 103 Å². The van der Waals surface area contributed by atoms with Crippen molar-refractivity contribution in [3.8, 4) is 0 Å². The summed E-state index contributed by atoms with van der Waals surface area (Å²) in [5, 5.41) is 0. The van der Waals surface area contributed by atoms with Crippen LogP contribution in [0.25, 0.3) is 0 Å². The second-order valence-corrected chi connectivity index (χ2v) is 7.11. The molecule has 118 valence electrons. The van der Waals surface area contributed by atoms with Crippen LogP contribution in [-0.4, -0.2) is 49.1 Å². The molecule has 0 amide bonds. The van der Waals surface area contributed by atoms with Crippen molar-refractivity contribution in [2.75, 3.05) is 33.2 Å². The van der Waals surface area contributed by atoms with Gasteiger partial charge >= 0.3 is 0 Å². The van der Waals surface area contributed by atoms with Crippen molar-refractivity contribution in [2.45, 2.75) is 83.1 Å². The van der Waals surface area contributed by atoms with Gasteiger partial charge < -0.3 is 4.90 Å². The van der Waals surface area contributed by atoms with Gasteiger partial charge in [-0.15, -0.1) is 0 Å². The fourth-order valence-corrected chi connectivity index (χ4v) is 3.87. The monoisotopic (exact) mass is 280 g/mol. The van der Waals surface area contributed by atoms with Crippen LogP contribution in [0.15, 0.2) is 0 Å². The third-order valence-corrected chi connectivity index (χ3v) is 5.38. The summed E-state index contributed by atoms with van der Waals surface area (Å²) < 4.78 is 0. The minimum atomic E-state index is 0.893. The van der Waals surface area contributed by atoms with Gasteiger partial charge in [0.1, 0.15) is 0 Å². The molecule has 0 unspecified atom stereocenters. The molecule has 0 aromatic carbocycles. The lowest BCUT2D eigenvalue weighted by atomic mass is 9.99. The highest BCUT2D eigenvalue weighted by Crippen LogP contribution is 2.21. The third kappa shape index (κ3) is 6.13. The molecule has 2 fully saturated rings. The molecule has 2 rings (SSSR count). The Balaban J connectivity index is 1.77. The van der Waals surface area contributed by atoms with Gasteiger partial charge in [0.05, 0.1) is 0 Å². The maximum Gasteiger partial charge on any atom is 0.0113 e. The second-order valence-electron chi connectivity index (χ2n) is 7.11. The summed E-state index contributed by atoms with van der Waals surface area (Å²) >= 11 is 0. The van der Waals surface area contributed by atoms with Gasteiger partial charge in [-0.2, -0.15) is 0 Å². The summed E-state index contributed by atoms with van der Waals surface area (Å²) in [7, 11) is 2.27. The van der Waals surface area contributed by atoms with E-state index in [0.717, 1.165) is 6.04 Å². The zero-order chi connectivity index (χ0) is 14.0. The molecule has 1 heterocycles. The number of hydrogen-bond donors (Lipinski definition) is 0. The van der Waals surface area contributed by atoms with Crippen LogP contribution in [0.3, 0.4) is 0 Å². The third-order valence-electron chi connectivity index (χ3n) is 5.38. The fourth-order valence-electron chi connectivity index (χ4n) is 3.87. The Labute approximate surface area is 126 Å². The molecule has 0 aromatic rings. The summed E-state index contributed by atoms with van der Waals surface area (Å²) in [6, 6.07) is 0.893. The van der Waals surface area contributed by atoms with Gasteiger partial charge in [-0.05, 0) is 19.9 Å². The zero-order valence-corrected chi connectivity index (χ0v) is 13.8. The van der Waals surface area contributed by atoms with Gasteiger partial charge in [0, 0.05) is 32.2 Å². The van der Waals surface area contributed by atoms with E-state index in [-0.39, 0.29) is 0 Å². The molecule has 0 aromatic heterocycles. The van der Waals surface area contributed by atoms with Crippen LogP contribution in [0.2, 0.25) is 0 Å². The molecular weight excluding hydrogens is 244 g/mol. The van der Waals surface area contributed by atoms with E-state index in [2.05, 4.69) is 16.8 Å². The lowest BCUT2D eigenvalue weighted by molar-refractivity contribution is 0.0990. The second kappa shape index (κ2) is 9.78. The Kier molecular flexibility index (Phi) is 7.97. The van der Waals surface area contributed by atoms with Crippen molar-refractivity contribution >= 4 is 0 Å². The van der Waals surface area contributed by atoms with Gasteiger partial charge in [-0.1, -0.05) is 64.2 Å². The van der Waals surface area contributed by atoms with Gasteiger partial charge in [0.2, 0.25) is 0 Å². The fraction of sp³-hybridized carbons (Fsp3) is 1.00. The maximum absolute atomic E-state index is 2.81. The summed E-state index contributed by atoms with van der Waals surface area (Å²) in [6.45, 7) is 5.16. The predicted molar refractivity (Wildman–Crippen MR) is 88.3 cm³/mol. The molecule has 0 radical (unpaired) electrons. The van der Waals surface area contributed by atoms with E-state index in [9.17, 15) is 0 Å². The SMILES string of the molecule is CN1CCN(C2CCCCCCCCCCCC2)CC1. The average Bonchev–Trinajstić information content (AvgIpc) is 2.49. The van der Waals surface area contributed by atoms with Crippen molar-refractivity contribution in [3.63, 3.8) is 0 Å². The van der Waals surface area contributed by atoms with Gasteiger partial charge in [0.25, 0.3) is 0 Å². The van der Waals surface area contributed by atoms with E-state index in [0.29, 0.717) is 0 Å². The van der Waals surface area contributed by atoms with E-state index in [4.69, 9.17) is 0 Å². The van der Waals surface area contributed by atoms with Crippen molar-refractivity contribution in [1.29, 1.82) is 0 Å². The van der Waals surface area contributed by atoms with Crippen LogP contribution in [0, 0.1) is 0 Å². The highest BCUT2D eigenvalue weighted by Gasteiger charge is 2.21. The van der Waals surface area contributed by atoms with Crippen LogP contribution in [0.1, 0.15) is 77.0 Å². The topological polar surface area (TPSA) is 6.48 Å². The van der Waals surface area contributed by atoms with E-state index < -0.39 is 0 Å². The molecule has 1 aliphatic heterocycles. The van der Waals surface area contributed by atoms with Crippen LogP contribution in [-0.2, 0) is 0 Å². The lowest BCUT2D eigenvalue weighted by Crippen LogP contribution is -2.49. The molecule has 2 heteroatoms. The Morgan fingerprint density at radius 2 is 0.950 bits per heavy atom. The Bertz CT molecular complexity index is 220. The molecule has 2 nitrogen and oxygen atoms in total. The van der Waals surface area contributed by atoms with E-state index >= 15 is 0 Å². The average molecular weight is 280 g/mol. The van der Waals surface area contributed by atoms with Crippen molar-refractivity contribution in [1.82, 2.24) is 9.80 Å². The molecule has 0 bridgehead atoms. The summed E-state index contributed by atoms with van der Waals surface area (Å²) in [5.74, 6) is 0. The highest BCUT2D eigenvalue weighted by molar-refractivity contribution is 4.77. The first-order chi connectivity index (χ1) is 9.86. The largest absolute Gasteiger partial charge is 0.304 e. The Hall–Kier alpha value is -0.0800. The number of hydrogen-bond acceptors (Lipinski definition) is 2. The van der Waals surface area contributed by atoms with Crippen LogP contribution < -0.4 is 0 Å². The number of piperazine rings is 1. The van der Waals surface area contributed by atoms with Crippen LogP contribution in [0.4, 0.5) is 0 Å². The Morgan fingerprint density at radius 1 is 0.550 bits per heavy atom. The van der Waals surface area contributed by atoms with E-state index in [1.807, 2.05) is 0 Å². The summed E-state index contributed by atoms with van der Waals surface area (Å²) in [6.07, 6.45) is 17.7. The minimum absolute atomic E-state index is 0.893. The summed E-state index contributed by atoms with van der Waals surface area (Å²) in [4.78, 5) is 5.29. The van der Waals surface area contributed by atoms with Gasteiger partial charge in [-0.3, -0.25) is 4.90 Å². The molecule has 2 aliphatic rings.